The van der Waals surface area contributed by atoms with Gasteiger partial charge in [0.15, 0.2) is 0 Å². The highest BCUT2D eigenvalue weighted by Gasteiger charge is 2.18. The van der Waals surface area contributed by atoms with Crippen LogP contribution in [-0.4, -0.2) is 5.92 Å². The third-order valence-corrected chi connectivity index (χ3v) is 2.64. The minimum absolute atomic E-state index is 0.292. The lowest BCUT2D eigenvalue weighted by atomic mass is 9.87. The number of halogens is 2. The fourth-order valence-electron chi connectivity index (χ4n) is 1.83. The standard InChI is InChI=1S/C12H18F2/c1-12(13,14)10-6-5-9-11-7-3-2-4-8-11/h11H,2-4,7-10H2,1H3. The van der Waals surface area contributed by atoms with E-state index in [1.165, 1.54) is 32.1 Å². The first kappa shape index (κ1) is 11.5. The molecule has 0 spiro atoms. The molecule has 0 aromatic carbocycles. The predicted molar refractivity (Wildman–Crippen MR) is 54.2 cm³/mol. The van der Waals surface area contributed by atoms with E-state index in [1.54, 1.807) is 0 Å². The Labute approximate surface area is 85.1 Å². The summed E-state index contributed by atoms with van der Waals surface area (Å²) in [5, 5.41) is 0. The van der Waals surface area contributed by atoms with Gasteiger partial charge in [-0.3, -0.25) is 0 Å². The Hall–Kier alpha value is -0.580. The van der Waals surface area contributed by atoms with E-state index in [4.69, 9.17) is 0 Å². The van der Waals surface area contributed by atoms with E-state index in [-0.39, 0.29) is 6.42 Å². The van der Waals surface area contributed by atoms with Gasteiger partial charge in [-0.1, -0.05) is 25.2 Å². The Kier molecular flexibility index (Phi) is 4.38. The van der Waals surface area contributed by atoms with Crippen molar-refractivity contribution < 1.29 is 8.78 Å². The van der Waals surface area contributed by atoms with Gasteiger partial charge in [0, 0.05) is 13.3 Å². The zero-order valence-corrected chi connectivity index (χ0v) is 8.78. The van der Waals surface area contributed by atoms with Crippen LogP contribution in [0.5, 0.6) is 0 Å². The highest BCUT2D eigenvalue weighted by atomic mass is 19.3. The van der Waals surface area contributed by atoms with Crippen molar-refractivity contribution in [2.75, 3.05) is 0 Å². The highest BCUT2D eigenvalue weighted by Crippen LogP contribution is 2.25. The van der Waals surface area contributed by atoms with Gasteiger partial charge in [0.25, 0.3) is 5.92 Å². The number of hydrogen-bond donors (Lipinski definition) is 0. The lowest BCUT2D eigenvalue weighted by Crippen LogP contribution is -2.07. The Balaban J connectivity index is 2.18. The molecule has 1 saturated carbocycles. The molecule has 1 aliphatic rings. The molecular formula is C12H18F2. The summed E-state index contributed by atoms with van der Waals surface area (Å²) >= 11 is 0. The molecule has 0 unspecified atom stereocenters. The third-order valence-electron chi connectivity index (χ3n) is 2.64. The van der Waals surface area contributed by atoms with E-state index in [1.807, 2.05) is 0 Å². The Morgan fingerprint density at radius 1 is 1.14 bits per heavy atom. The smallest absolute Gasteiger partial charge is 0.206 e. The molecule has 0 amide bonds. The van der Waals surface area contributed by atoms with Gasteiger partial charge >= 0.3 is 0 Å². The Morgan fingerprint density at radius 3 is 2.36 bits per heavy atom. The number of rotatable bonds is 2. The van der Waals surface area contributed by atoms with Gasteiger partial charge < -0.3 is 0 Å². The minimum Gasteiger partial charge on any atom is -0.206 e. The molecule has 0 aromatic rings. The molecule has 0 saturated heterocycles. The Bertz CT molecular complexity index is 211. The summed E-state index contributed by atoms with van der Waals surface area (Å²) in [4.78, 5) is 0. The fourth-order valence-corrected chi connectivity index (χ4v) is 1.83. The quantitative estimate of drug-likeness (QED) is 0.591. The molecule has 80 valence electrons. The molecule has 2 heteroatoms. The summed E-state index contributed by atoms with van der Waals surface area (Å²) in [6.45, 7) is 0.919. The average Bonchev–Trinajstić information content (AvgIpc) is 2.13. The van der Waals surface area contributed by atoms with Crippen molar-refractivity contribution in [2.45, 2.75) is 57.8 Å². The van der Waals surface area contributed by atoms with Gasteiger partial charge in [-0.2, -0.15) is 0 Å². The second kappa shape index (κ2) is 5.34. The summed E-state index contributed by atoms with van der Waals surface area (Å²) in [6.07, 6.45) is 6.90. The van der Waals surface area contributed by atoms with E-state index in [9.17, 15) is 8.78 Å². The summed E-state index contributed by atoms with van der Waals surface area (Å²) in [5.74, 6) is 3.50. The predicted octanol–water partition coefficient (Wildman–Crippen LogP) is 4.01. The van der Waals surface area contributed by atoms with E-state index in [2.05, 4.69) is 11.8 Å². The van der Waals surface area contributed by atoms with Crippen LogP contribution < -0.4 is 0 Å². The molecule has 0 N–H and O–H groups in total. The Morgan fingerprint density at radius 2 is 1.79 bits per heavy atom. The molecule has 0 heterocycles. The van der Waals surface area contributed by atoms with Crippen LogP contribution in [0.25, 0.3) is 0 Å². The van der Waals surface area contributed by atoms with Crippen molar-refractivity contribution in [3.05, 3.63) is 0 Å². The number of hydrogen-bond acceptors (Lipinski definition) is 0. The summed E-state index contributed by atoms with van der Waals surface area (Å²) in [5.41, 5.74) is 0. The molecule has 0 aliphatic heterocycles. The third kappa shape index (κ3) is 5.21. The van der Waals surface area contributed by atoms with Crippen LogP contribution in [0.1, 0.15) is 51.9 Å². The van der Waals surface area contributed by atoms with Gasteiger partial charge in [0.2, 0.25) is 0 Å². The van der Waals surface area contributed by atoms with Gasteiger partial charge in [0.05, 0.1) is 6.42 Å². The molecular weight excluding hydrogens is 182 g/mol. The van der Waals surface area contributed by atoms with Crippen LogP contribution in [0.15, 0.2) is 0 Å². The second-order valence-electron chi connectivity index (χ2n) is 4.31. The van der Waals surface area contributed by atoms with Crippen LogP contribution in [0, 0.1) is 17.8 Å². The molecule has 1 rings (SSSR count). The van der Waals surface area contributed by atoms with Gasteiger partial charge in [0.1, 0.15) is 0 Å². The minimum atomic E-state index is -2.63. The molecule has 0 atom stereocenters. The maximum Gasteiger partial charge on any atom is 0.256 e. The molecule has 1 fully saturated rings. The first-order valence-corrected chi connectivity index (χ1v) is 5.41. The van der Waals surface area contributed by atoms with Gasteiger partial charge in [-0.15, -0.1) is 5.92 Å². The summed E-state index contributed by atoms with van der Waals surface area (Å²) < 4.78 is 24.8. The van der Waals surface area contributed by atoms with E-state index < -0.39 is 5.92 Å². The summed E-state index contributed by atoms with van der Waals surface area (Å²) in [6, 6.07) is 0. The number of alkyl halides is 2. The molecule has 0 bridgehead atoms. The van der Waals surface area contributed by atoms with Crippen molar-refractivity contribution in [2.24, 2.45) is 5.92 Å². The normalized spacial score (nSPS) is 18.8. The molecule has 14 heavy (non-hydrogen) atoms. The maximum absolute atomic E-state index is 12.4. The van der Waals surface area contributed by atoms with Crippen molar-refractivity contribution in [3.63, 3.8) is 0 Å². The molecule has 0 nitrogen and oxygen atoms in total. The van der Waals surface area contributed by atoms with Crippen LogP contribution in [0.2, 0.25) is 0 Å². The van der Waals surface area contributed by atoms with Crippen molar-refractivity contribution >= 4 is 0 Å². The van der Waals surface area contributed by atoms with Crippen LogP contribution >= 0.6 is 0 Å². The zero-order valence-electron chi connectivity index (χ0n) is 8.78. The topological polar surface area (TPSA) is 0 Å². The molecule has 0 radical (unpaired) electrons. The maximum atomic E-state index is 12.4. The summed E-state index contributed by atoms with van der Waals surface area (Å²) in [7, 11) is 0. The lowest BCUT2D eigenvalue weighted by molar-refractivity contribution is 0.0278. The highest BCUT2D eigenvalue weighted by molar-refractivity contribution is 5.02. The molecule has 1 aliphatic carbocycles. The first-order chi connectivity index (χ1) is 6.58. The van der Waals surface area contributed by atoms with Crippen molar-refractivity contribution in [3.8, 4) is 11.8 Å². The van der Waals surface area contributed by atoms with Crippen LogP contribution in [-0.2, 0) is 0 Å². The monoisotopic (exact) mass is 200 g/mol. The van der Waals surface area contributed by atoms with Crippen LogP contribution in [0.4, 0.5) is 8.78 Å². The van der Waals surface area contributed by atoms with Crippen molar-refractivity contribution in [1.82, 2.24) is 0 Å². The average molecular weight is 200 g/mol. The van der Waals surface area contributed by atoms with E-state index in [0.29, 0.717) is 5.92 Å². The largest absolute Gasteiger partial charge is 0.256 e. The lowest BCUT2D eigenvalue weighted by Gasteiger charge is -2.18. The SMILES string of the molecule is CC(F)(F)CC#CCC1CCCCC1. The molecule has 0 aromatic heterocycles. The first-order valence-electron chi connectivity index (χ1n) is 5.41. The second-order valence-corrected chi connectivity index (χ2v) is 4.31. The van der Waals surface area contributed by atoms with Gasteiger partial charge in [-0.05, 0) is 18.8 Å². The zero-order chi connectivity index (χ0) is 10.4. The van der Waals surface area contributed by atoms with Crippen molar-refractivity contribution in [1.29, 1.82) is 0 Å². The fraction of sp³-hybridized carbons (Fsp3) is 0.833. The van der Waals surface area contributed by atoms with Crippen LogP contribution in [0.3, 0.4) is 0 Å². The van der Waals surface area contributed by atoms with E-state index >= 15 is 0 Å². The van der Waals surface area contributed by atoms with E-state index in [0.717, 1.165) is 13.3 Å². The van der Waals surface area contributed by atoms with Gasteiger partial charge in [-0.25, -0.2) is 8.78 Å².